The Balaban J connectivity index is 2.43. The van der Waals surface area contributed by atoms with Crippen molar-refractivity contribution in [2.45, 2.75) is 0 Å². The van der Waals surface area contributed by atoms with Crippen molar-refractivity contribution < 1.29 is 18.7 Å². The molecular weight excluding hydrogens is 230 g/mol. The Labute approximate surface area is 94.6 Å². The smallest absolute Gasteiger partial charge is 0.356 e. The van der Waals surface area contributed by atoms with E-state index in [1.807, 2.05) is 0 Å². The van der Waals surface area contributed by atoms with E-state index in [2.05, 4.69) is 9.97 Å². The maximum Gasteiger partial charge on any atom is 0.356 e. The molecule has 2 aromatic rings. The average Bonchev–Trinajstić information content (AvgIpc) is 2.28. The minimum atomic E-state index is -1.21. The van der Waals surface area contributed by atoms with E-state index in [1.54, 1.807) is 0 Å². The first kappa shape index (κ1) is 11.1. The summed E-state index contributed by atoms with van der Waals surface area (Å²) in [7, 11) is 0. The van der Waals surface area contributed by atoms with Crippen LogP contribution in [0.2, 0.25) is 0 Å². The molecule has 1 N–H and O–H groups in total. The second-order valence-corrected chi connectivity index (χ2v) is 3.25. The second kappa shape index (κ2) is 4.25. The molecule has 1 aromatic carbocycles. The maximum absolute atomic E-state index is 12.9. The van der Waals surface area contributed by atoms with E-state index in [4.69, 9.17) is 5.11 Å². The van der Waals surface area contributed by atoms with E-state index >= 15 is 0 Å². The van der Waals surface area contributed by atoms with Crippen LogP contribution in [0.15, 0.2) is 30.6 Å². The zero-order valence-electron chi connectivity index (χ0n) is 8.39. The summed E-state index contributed by atoms with van der Waals surface area (Å²) in [6.07, 6.45) is 2.18. The molecule has 0 saturated carbocycles. The van der Waals surface area contributed by atoms with E-state index < -0.39 is 17.6 Å². The summed E-state index contributed by atoms with van der Waals surface area (Å²) in [6.45, 7) is 0. The normalized spacial score (nSPS) is 10.2. The van der Waals surface area contributed by atoms with Crippen LogP contribution in [0.25, 0.3) is 11.3 Å². The van der Waals surface area contributed by atoms with Crippen molar-refractivity contribution >= 4 is 5.97 Å². The lowest BCUT2D eigenvalue weighted by Crippen LogP contribution is -2.01. The molecule has 2 rings (SSSR count). The lowest BCUT2D eigenvalue weighted by atomic mass is 10.1. The Morgan fingerprint density at radius 3 is 2.18 bits per heavy atom. The van der Waals surface area contributed by atoms with Crippen molar-refractivity contribution in [3.05, 3.63) is 47.9 Å². The quantitative estimate of drug-likeness (QED) is 0.867. The number of carbonyl (C=O) groups is 1. The van der Waals surface area contributed by atoms with Crippen LogP contribution in [-0.4, -0.2) is 21.0 Å². The monoisotopic (exact) mass is 236 g/mol. The van der Waals surface area contributed by atoms with Gasteiger partial charge in [0.1, 0.15) is 11.6 Å². The third-order valence-corrected chi connectivity index (χ3v) is 2.03. The highest BCUT2D eigenvalue weighted by atomic mass is 19.1. The van der Waals surface area contributed by atoms with Gasteiger partial charge in [-0.1, -0.05) is 0 Å². The van der Waals surface area contributed by atoms with Crippen LogP contribution in [0, 0.1) is 11.6 Å². The third-order valence-electron chi connectivity index (χ3n) is 2.03. The number of hydrogen-bond donors (Lipinski definition) is 1. The highest BCUT2D eigenvalue weighted by molar-refractivity contribution is 5.85. The summed E-state index contributed by atoms with van der Waals surface area (Å²) in [5, 5.41) is 8.61. The van der Waals surface area contributed by atoms with Crippen molar-refractivity contribution in [1.29, 1.82) is 0 Å². The SMILES string of the molecule is O=C(O)c1cnc(-c2cc(F)cc(F)c2)cn1. The predicted octanol–water partition coefficient (Wildman–Crippen LogP) is 2.12. The molecule has 0 fully saturated rings. The Hall–Kier alpha value is -2.37. The molecule has 0 aliphatic heterocycles. The molecule has 0 saturated heterocycles. The van der Waals surface area contributed by atoms with Crippen LogP contribution >= 0.6 is 0 Å². The first-order valence-electron chi connectivity index (χ1n) is 4.58. The molecule has 0 spiro atoms. The van der Waals surface area contributed by atoms with Gasteiger partial charge in [0.05, 0.1) is 18.1 Å². The molecule has 1 aromatic heterocycles. The number of aromatic carboxylic acids is 1. The van der Waals surface area contributed by atoms with Gasteiger partial charge in [-0.3, -0.25) is 4.98 Å². The summed E-state index contributed by atoms with van der Waals surface area (Å²) < 4.78 is 25.9. The van der Waals surface area contributed by atoms with Gasteiger partial charge in [0.15, 0.2) is 5.69 Å². The van der Waals surface area contributed by atoms with Gasteiger partial charge < -0.3 is 5.11 Å². The van der Waals surface area contributed by atoms with E-state index in [9.17, 15) is 13.6 Å². The largest absolute Gasteiger partial charge is 0.476 e. The van der Waals surface area contributed by atoms with E-state index in [0.717, 1.165) is 30.6 Å². The zero-order valence-corrected chi connectivity index (χ0v) is 8.39. The van der Waals surface area contributed by atoms with Crippen LogP contribution in [0.5, 0.6) is 0 Å². The molecule has 0 atom stereocenters. The Kier molecular flexibility index (Phi) is 2.78. The Morgan fingerprint density at radius 2 is 1.71 bits per heavy atom. The minimum Gasteiger partial charge on any atom is -0.476 e. The van der Waals surface area contributed by atoms with Crippen molar-refractivity contribution in [1.82, 2.24) is 9.97 Å². The number of carboxylic acids is 1. The molecule has 86 valence electrons. The standard InChI is InChI=1S/C11H6F2N2O2/c12-7-1-6(2-8(13)3-7)9-4-15-10(5-14-9)11(16)17/h1-5H,(H,16,17). The van der Waals surface area contributed by atoms with Crippen molar-refractivity contribution in [3.63, 3.8) is 0 Å². The van der Waals surface area contributed by atoms with Gasteiger partial charge in [-0.15, -0.1) is 0 Å². The fourth-order valence-corrected chi connectivity index (χ4v) is 1.29. The van der Waals surface area contributed by atoms with Gasteiger partial charge in [0, 0.05) is 11.6 Å². The van der Waals surface area contributed by atoms with Gasteiger partial charge in [-0.2, -0.15) is 0 Å². The molecule has 4 nitrogen and oxygen atoms in total. The first-order valence-corrected chi connectivity index (χ1v) is 4.58. The number of halogens is 2. The third kappa shape index (κ3) is 2.41. The summed E-state index contributed by atoms with van der Waals surface area (Å²) in [5.74, 6) is -2.68. The zero-order chi connectivity index (χ0) is 12.4. The minimum absolute atomic E-state index is 0.201. The molecule has 17 heavy (non-hydrogen) atoms. The average molecular weight is 236 g/mol. The number of nitrogens with zero attached hydrogens (tertiary/aromatic N) is 2. The van der Waals surface area contributed by atoms with Crippen molar-refractivity contribution in [2.24, 2.45) is 0 Å². The fourth-order valence-electron chi connectivity index (χ4n) is 1.29. The number of rotatable bonds is 2. The molecule has 0 radical (unpaired) electrons. The summed E-state index contributed by atoms with van der Waals surface area (Å²) in [5.41, 5.74) is 0.172. The topological polar surface area (TPSA) is 63.1 Å². The number of carboxylic acid groups (broad SMARTS) is 1. The van der Waals surface area contributed by atoms with Crippen LogP contribution in [0.1, 0.15) is 10.5 Å². The number of hydrogen-bond acceptors (Lipinski definition) is 3. The summed E-state index contributed by atoms with van der Waals surface area (Å²) >= 11 is 0. The molecule has 0 amide bonds. The van der Waals surface area contributed by atoms with Crippen LogP contribution in [0.4, 0.5) is 8.78 Å². The maximum atomic E-state index is 12.9. The molecule has 1 heterocycles. The number of aromatic nitrogens is 2. The van der Waals surface area contributed by atoms with Gasteiger partial charge in [0.2, 0.25) is 0 Å². The summed E-state index contributed by atoms with van der Waals surface area (Å²) in [4.78, 5) is 17.9. The Morgan fingerprint density at radius 1 is 1.06 bits per heavy atom. The number of benzene rings is 1. The lowest BCUT2D eigenvalue weighted by Gasteiger charge is -2.01. The van der Waals surface area contributed by atoms with Gasteiger partial charge in [-0.25, -0.2) is 18.6 Å². The van der Waals surface area contributed by atoms with Crippen molar-refractivity contribution in [2.75, 3.05) is 0 Å². The molecule has 0 aliphatic rings. The van der Waals surface area contributed by atoms with E-state index in [0.29, 0.717) is 0 Å². The molecule has 0 aliphatic carbocycles. The highest BCUT2D eigenvalue weighted by Crippen LogP contribution is 2.18. The van der Waals surface area contributed by atoms with Gasteiger partial charge >= 0.3 is 5.97 Å². The van der Waals surface area contributed by atoms with Gasteiger partial charge in [-0.05, 0) is 12.1 Å². The molecule has 6 heteroatoms. The van der Waals surface area contributed by atoms with Crippen LogP contribution in [0.3, 0.4) is 0 Å². The van der Waals surface area contributed by atoms with Crippen LogP contribution < -0.4 is 0 Å². The second-order valence-electron chi connectivity index (χ2n) is 3.25. The highest BCUT2D eigenvalue weighted by Gasteiger charge is 2.08. The first-order chi connectivity index (χ1) is 8.06. The van der Waals surface area contributed by atoms with E-state index in [1.165, 1.54) is 0 Å². The molecule has 0 unspecified atom stereocenters. The predicted molar refractivity (Wildman–Crippen MR) is 54.3 cm³/mol. The van der Waals surface area contributed by atoms with Crippen molar-refractivity contribution in [3.8, 4) is 11.3 Å². The van der Waals surface area contributed by atoms with E-state index in [-0.39, 0.29) is 17.0 Å². The van der Waals surface area contributed by atoms with Crippen LogP contribution in [-0.2, 0) is 0 Å². The molecule has 0 bridgehead atoms. The summed E-state index contributed by atoms with van der Waals surface area (Å²) in [6, 6.07) is 2.92. The molecular formula is C11H6F2N2O2. The van der Waals surface area contributed by atoms with Gasteiger partial charge in [0.25, 0.3) is 0 Å². The lowest BCUT2D eigenvalue weighted by molar-refractivity contribution is 0.0690. The fraction of sp³-hybridized carbons (Fsp3) is 0. The Bertz CT molecular complexity index is 550.